The van der Waals surface area contributed by atoms with Gasteiger partial charge in [-0.05, 0) is 70.4 Å². The minimum absolute atomic E-state index is 0.192. The monoisotopic (exact) mass is 402 g/mol. The summed E-state index contributed by atoms with van der Waals surface area (Å²) in [5, 5.41) is 3.99. The van der Waals surface area contributed by atoms with E-state index in [2.05, 4.69) is 35.6 Å². The number of halogens is 3. The van der Waals surface area contributed by atoms with Crippen LogP contribution in [0.5, 0.6) is 5.75 Å². The van der Waals surface area contributed by atoms with Gasteiger partial charge in [-0.15, -0.1) is 13.2 Å². The largest absolute Gasteiger partial charge is 0.573 e. The van der Waals surface area contributed by atoms with Crippen LogP contribution >= 0.6 is 0 Å². The minimum atomic E-state index is -4.70. The Balaban J connectivity index is 1.68. The molecule has 8 heteroatoms. The fourth-order valence-corrected chi connectivity index (χ4v) is 3.04. The van der Waals surface area contributed by atoms with Gasteiger partial charge in [0.2, 0.25) is 0 Å². The van der Waals surface area contributed by atoms with E-state index in [-0.39, 0.29) is 17.4 Å². The maximum Gasteiger partial charge on any atom is 0.573 e. The van der Waals surface area contributed by atoms with Crippen LogP contribution in [0.25, 0.3) is 0 Å². The van der Waals surface area contributed by atoms with Gasteiger partial charge in [0, 0.05) is 18.6 Å². The van der Waals surface area contributed by atoms with Gasteiger partial charge in [0.1, 0.15) is 12.4 Å². The van der Waals surface area contributed by atoms with E-state index in [0.29, 0.717) is 24.5 Å². The standard InChI is InChI=1S/C20H29F3N2O3/c1-15(16-5-7-18(8-6-16)28-20(21,22)23)24-27-14-13-26-17-9-11-25(12-10-17)19(2,3)4/h5-8,17H,9-14H2,1-4H3. The molecule has 28 heavy (non-hydrogen) atoms. The van der Waals surface area contributed by atoms with Gasteiger partial charge < -0.3 is 14.3 Å². The Hall–Kier alpha value is -1.80. The normalized spacial score (nSPS) is 17.6. The number of rotatable bonds is 7. The number of nitrogens with zero attached hydrogens (tertiary/aromatic N) is 2. The maximum absolute atomic E-state index is 12.2. The highest BCUT2D eigenvalue weighted by atomic mass is 19.4. The van der Waals surface area contributed by atoms with Crippen molar-refractivity contribution < 1.29 is 27.5 Å². The van der Waals surface area contributed by atoms with Crippen LogP contribution in [0.3, 0.4) is 0 Å². The highest BCUT2D eigenvalue weighted by Crippen LogP contribution is 2.23. The van der Waals surface area contributed by atoms with Gasteiger partial charge in [-0.3, -0.25) is 4.90 Å². The van der Waals surface area contributed by atoms with E-state index in [1.54, 1.807) is 6.92 Å². The van der Waals surface area contributed by atoms with Crippen LogP contribution in [0, 0.1) is 0 Å². The van der Waals surface area contributed by atoms with Gasteiger partial charge >= 0.3 is 6.36 Å². The minimum Gasteiger partial charge on any atom is -0.406 e. The van der Waals surface area contributed by atoms with Crippen molar-refractivity contribution in [2.24, 2.45) is 5.16 Å². The molecule has 0 radical (unpaired) electrons. The van der Waals surface area contributed by atoms with E-state index < -0.39 is 6.36 Å². The fraction of sp³-hybridized carbons (Fsp3) is 0.650. The lowest BCUT2D eigenvalue weighted by Gasteiger charge is -2.40. The SMILES string of the molecule is CC(=NOCCOC1CCN(C(C)(C)C)CC1)c1ccc(OC(F)(F)F)cc1. The van der Waals surface area contributed by atoms with Crippen LogP contribution in [0.1, 0.15) is 46.1 Å². The van der Waals surface area contributed by atoms with Crippen molar-refractivity contribution in [2.45, 2.75) is 58.5 Å². The summed E-state index contributed by atoms with van der Waals surface area (Å²) in [4.78, 5) is 7.73. The Bertz CT molecular complexity index is 632. The third-order valence-corrected chi connectivity index (χ3v) is 4.63. The second-order valence-corrected chi connectivity index (χ2v) is 7.81. The van der Waals surface area contributed by atoms with Crippen LogP contribution in [-0.4, -0.2) is 54.9 Å². The number of oxime groups is 1. The third-order valence-electron chi connectivity index (χ3n) is 4.63. The summed E-state index contributed by atoms with van der Waals surface area (Å²) in [5.74, 6) is -0.268. The lowest BCUT2D eigenvalue weighted by Crippen LogP contribution is -2.47. The average Bonchev–Trinajstić information content (AvgIpc) is 2.60. The molecule has 1 aliphatic heterocycles. The second kappa shape index (κ2) is 9.60. The van der Waals surface area contributed by atoms with Gasteiger partial charge in [0.05, 0.1) is 18.4 Å². The molecule has 1 aromatic carbocycles. The molecular formula is C20H29F3N2O3. The van der Waals surface area contributed by atoms with Crippen LogP contribution in [-0.2, 0) is 9.57 Å². The fourth-order valence-electron chi connectivity index (χ4n) is 3.04. The van der Waals surface area contributed by atoms with E-state index in [4.69, 9.17) is 9.57 Å². The molecule has 1 heterocycles. The van der Waals surface area contributed by atoms with Crippen LogP contribution in [0.2, 0.25) is 0 Å². The molecule has 1 saturated heterocycles. The second-order valence-electron chi connectivity index (χ2n) is 7.81. The molecule has 158 valence electrons. The van der Waals surface area contributed by atoms with Crippen molar-refractivity contribution >= 4 is 5.71 Å². The Labute approximate surface area is 164 Å². The first-order chi connectivity index (χ1) is 13.0. The third kappa shape index (κ3) is 7.67. The molecule has 0 spiro atoms. The summed E-state index contributed by atoms with van der Waals surface area (Å²) in [5.41, 5.74) is 1.42. The zero-order chi connectivity index (χ0) is 20.8. The van der Waals surface area contributed by atoms with Gasteiger partial charge in [0.25, 0.3) is 0 Å². The molecule has 0 N–H and O–H groups in total. The van der Waals surface area contributed by atoms with Gasteiger partial charge in [-0.25, -0.2) is 0 Å². The van der Waals surface area contributed by atoms with E-state index in [0.717, 1.165) is 25.9 Å². The number of piperidine rings is 1. The Morgan fingerprint density at radius 3 is 2.21 bits per heavy atom. The van der Waals surface area contributed by atoms with Gasteiger partial charge in [-0.1, -0.05) is 5.16 Å². The molecule has 1 aromatic rings. The predicted octanol–water partition coefficient (Wildman–Crippen LogP) is 4.61. The first-order valence-electron chi connectivity index (χ1n) is 9.44. The summed E-state index contributed by atoms with van der Waals surface area (Å²) in [7, 11) is 0. The van der Waals surface area contributed by atoms with Crippen molar-refractivity contribution in [3.05, 3.63) is 29.8 Å². The van der Waals surface area contributed by atoms with Crippen molar-refractivity contribution in [2.75, 3.05) is 26.3 Å². The highest BCUT2D eigenvalue weighted by Gasteiger charge is 2.31. The van der Waals surface area contributed by atoms with Gasteiger partial charge in [-0.2, -0.15) is 0 Å². The van der Waals surface area contributed by atoms with Crippen LogP contribution < -0.4 is 4.74 Å². The van der Waals surface area contributed by atoms with Crippen LogP contribution in [0.4, 0.5) is 13.2 Å². The maximum atomic E-state index is 12.2. The molecule has 0 bridgehead atoms. The number of ether oxygens (including phenoxy) is 2. The smallest absolute Gasteiger partial charge is 0.406 e. The molecule has 1 aliphatic rings. The predicted molar refractivity (Wildman–Crippen MR) is 102 cm³/mol. The van der Waals surface area contributed by atoms with Crippen molar-refractivity contribution in [1.82, 2.24) is 4.90 Å². The van der Waals surface area contributed by atoms with E-state index in [9.17, 15) is 13.2 Å². The molecule has 0 atom stereocenters. The van der Waals surface area contributed by atoms with Gasteiger partial charge in [0.15, 0.2) is 0 Å². The molecule has 0 aliphatic carbocycles. The molecule has 0 saturated carbocycles. The summed E-state index contributed by atoms with van der Waals surface area (Å²) in [6, 6.07) is 5.50. The topological polar surface area (TPSA) is 43.3 Å². The molecular weight excluding hydrogens is 373 g/mol. The lowest BCUT2D eigenvalue weighted by molar-refractivity contribution is -0.274. The summed E-state index contributed by atoms with van der Waals surface area (Å²) in [6.07, 6.45) is -2.44. The summed E-state index contributed by atoms with van der Waals surface area (Å²) < 4.78 is 46.2. The highest BCUT2D eigenvalue weighted by molar-refractivity contribution is 5.98. The number of alkyl halides is 3. The number of hydrogen-bond donors (Lipinski definition) is 0. The van der Waals surface area contributed by atoms with Crippen LogP contribution in [0.15, 0.2) is 29.4 Å². The van der Waals surface area contributed by atoms with E-state index >= 15 is 0 Å². The molecule has 1 fully saturated rings. The Kier molecular flexibility index (Phi) is 7.71. The van der Waals surface area contributed by atoms with Crippen molar-refractivity contribution in [3.63, 3.8) is 0 Å². The van der Waals surface area contributed by atoms with E-state index in [1.807, 2.05) is 0 Å². The zero-order valence-corrected chi connectivity index (χ0v) is 16.9. The first-order valence-corrected chi connectivity index (χ1v) is 9.44. The van der Waals surface area contributed by atoms with Crippen molar-refractivity contribution in [1.29, 1.82) is 0 Å². The molecule has 0 unspecified atom stereocenters. The molecule has 5 nitrogen and oxygen atoms in total. The summed E-state index contributed by atoms with van der Waals surface area (Å²) in [6.45, 7) is 11.2. The average molecular weight is 402 g/mol. The first kappa shape index (κ1) is 22.5. The summed E-state index contributed by atoms with van der Waals surface area (Å²) >= 11 is 0. The molecule has 0 amide bonds. The zero-order valence-electron chi connectivity index (χ0n) is 16.9. The van der Waals surface area contributed by atoms with Crippen molar-refractivity contribution in [3.8, 4) is 5.75 Å². The molecule has 0 aromatic heterocycles. The number of benzene rings is 1. The molecule has 2 rings (SSSR count). The quantitative estimate of drug-likeness (QED) is 0.380. The number of hydrogen-bond acceptors (Lipinski definition) is 5. The Morgan fingerprint density at radius 2 is 1.68 bits per heavy atom. The number of likely N-dealkylation sites (tertiary alicyclic amines) is 1. The lowest BCUT2D eigenvalue weighted by atomic mass is 9.99. The Morgan fingerprint density at radius 1 is 1.07 bits per heavy atom. The van der Waals surface area contributed by atoms with E-state index in [1.165, 1.54) is 24.3 Å².